The van der Waals surface area contributed by atoms with Gasteiger partial charge >= 0.3 is 0 Å². The number of piperidine rings is 1. The Kier molecular flexibility index (Phi) is 5.18. The van der Waals surface area contributed by atoms with Crippen LogP contribution in [0.5, 0.6) is 0 Å². The zero-order chi connectivity index (χ0) is 14.5. The summed E-state index contributed by atoms with van der Waals surface area (Å²) in [7, 11) is 0. The van der Waals surface area contributed by atoms with E-state index in [1.807, 2.05) is 18.2 Å². The minimum Gasteiger partial charge on any atom is -0.369 e. The fourth-order valence-electron chi connectivity index (χ4n) is 3.09. The molecule has 0 amide bonds. The summed E-state index contributed by atoms with van der Waals surface area (Å²) < 4.78 is 14.1. The van der Waals surface area contributed by atoms with E-state index in [0.29, 0.717) is 11.8 Å². The van der Waals surface area contributed by atoms with Gasteiger partial charge in [0.25, 0.3) is 0 Å². The number of nitrogens with one attached hydrogen (secondary N) is 1. The normalized spacial score (nSPS) is 22.9. The number of hydrogen-bond donors (Lipinski definition) is 1. The van der Waals surface area contributed by atoms with Crippen molar-refractivity contribution >= 4 is 5.69 Å². The SMILES string of the molecule is C=CCNCc1ccc(F)c(N2CC(C)CC(C)C2)c1. The number of anilines is 1. The summed E-state index contributed by atoms with van der Waals surface area (Å²) >= 11 is 0. The van der Waals surface area contributed by atoms with Crippen LogP contribution in [-0.4, -0.2) is 19.6 Å². The lowest BCUT2D eigenvalue weighted by Crippen LogP contribution is -2.39. The molecule has 0 bridgehead atoms. The van der Waals surface area contributed by atoms with Crippen LogP contribution in [0.3, 0.4) is 0 Å². The molecular formula is C17H25FN2. The van der Waals surface area contributed by atoms with Crippen LogP contribution in [-0.2, 0) is 6.54 Å². The fourth-order valence-corrected chi connectivity index (χ4v) is 3.09. The van der Waals surface area contributed by atoms with Crippen LogP contribution in [0.4, 0.5) is 10.1 Å². The van der Waals surface area contributed by atoms with Crippen molar-refractivity contribution in [3.8, 4) is 0 Å². The second-order valence-electron chi connectivity index (χ2n) is 6.06. The van der Waals surface area contributed by atoms with E-state index in [-0.39, 0.29) is 5.82 Å². The molecule has 3 heteroatoms. The van der Waals surface area contributed by atoms with E-state index in [0.717, 1.165) is 37.4 Å². The van der Waals surface area contributed by atoms with E-state index in [9.17, 15) is 4.39 Å². The molecule has 0 spiro atoms. The quantitative estimate of drug-likeness (QED) is 0.653. The molecule has 1 N–H and O–H groups in total. The van der Waals surface area contributed by atoms with Crippen molar-refractivity contribution in [3.63, 3.8) is 0 Å². The fraction of sp³-hybridized carbons (Fsp3) is 0.529. The number of nitrogens with zero attached hydrogens (tertiary/aromatic N) is 1. The van der Waals surface area contributed by atoms with Gasteiger partial charge in [-0.05, 0) is 36.0 Å². The van der Waals surface area contributed by atoms with Crippen molar-refractivity contribution in [1.29, 1.82) is 0 Å². The molecule has 1 heterocycles. The highest BCUT2D eigenvalue weighted by Gasteiger charge is 2.23. The van der Waals surface area contributed by atoms with E-state index in [1.165, 1.54) is 6.42 Å². The highest BCUT2D eigenvalue weighted by Crippen LogP contribution is 2.28. The Morgan fingerprint density at radius 3 is 2.70 bits per heavy atom. The molecule has 0 saturated carbocycles. The lowest BCUT2D eigenvalue weighted by Gasteiger charge is -2.37. The van der Waals surface area contributed by atoms with Crippen LogP contribution in [0.1, 0.15) is 25.8 Å². The van der Waals surface area contributed by atoms with Crippen molar-refractivity contribution in [1.82, 2.24) is 5.32 Å². The Morgan fingerprint density at radius 1 is 1.35 bits per heavy atom. The standard InChI is InChI=1S/C17H25FN2/c1-4-7-19-10-15-5-6-16(18)17(9-15)20-11-13(2)8-14(3)12-20/h4-6,9,13-14,19H,1,7-8,10-12H2,2-3H3. The summed E-state index contributed by atoms with van der Waals surface area (Å²) in [6.45, 7) is 11.6. The van der Waals surface area contributed by atoms with Gasteiger partial charge in [-0.1, -0.05) is 26.0 Å². The maximum atomic E-state index is 14.1. The molecule has 0 radical (unpaired) electrons. The van der Waals surface area contributed by atoms with Gasteiger partial charge in [-0.15, -0.1) is 6.58 Å². The molecule has 1 aromatic carbocycles. The molecule has 1 fully saturated rings. The Morgan fingerprint density at radius 2 is 2.05 bits per heavy atom. The number of halogens is 1. The topological polar surface area (TPSA) is 15.3 Å². The maximum Gasteiger partial charge on any atom is 0.146 e. The molecule has 2 nitrogen and oxygen atoms in total. The number of rotatable bonds is 5. The summed E-state index contributed by atoms with van der Waals surface area (Å²) in [5.74, 6) is 1.14. The molecule has 0 aromatic heterocycles. The van der Waals surface area contributed by atoms with Crippen molar-refractivity contribution < 1.29 is 4.39 Å². The monoisotopic (exact) mass is 276 g/mol. The third kappa shape index (κ3) is 3.83. The van der Waals surface area contributed by atoms with Gasteiger partial charge in [0.2, 0.25) is 0 Å². The summed E-state index contributed by atoms with van der Waals surface area (Å²) in [6.07, 6.45) is 3.07. The average molecular weight is 276 g/mol. The Labute approximate surface area is 121 Å². The predicted molar refractivity (Wildman–Crippen MR) is 83.5 cm³/mol. The van der Waals surface area contributed by atoms with Gasteiger partial charge in [0, 0.05) is 26.2 Å². The van der Waals surface area contributed by atoms with Crippen LogP contribution in [0.25, 0.3) is 0 Å². The zero-order valence-electron chi connectivity index (χ0n) is 12.5. The third-order valence-electron chi connectivity index (χ3n) is 3.84. The first-order valence-electron chi connectivity index (χ1n) is 7.45. The highest BCUT2D eigenvalue weighted by molar-refractivity contribution is 5.50. The van der Waals surface area contributed by atoms with Crippen LogP contribution < -0.4 is 10.2 Å². The van der Waals surface area contributed by atoms with Gasteiger partial charge in [-0.3, -0.25) is 0 Å². The zero-order valence-corrected chi connectivity index (χ0v) is 12.5. The minimum atomic E-state index is -0.112. The van der Waals surface area contributed by atoms with E-state index < -0.39 is 0 Å². The van der Waals surface area contributed by atoms with Gasteiger partial charge < -0.3 is 10.2 Å². The minimum absolute atomic E-state index is 0.112. The van der Waals surface area contributed by atoms with Gasteiger partial charge in [-0.25, -0.2) is 4.39 Å². The van der Waals surface area contributed by atoms with Crippen molar-refractivity contribution in [2.45, 2.75) is 26.8 Å². The Balaban J connectivity index is 2.13. The molecule has 1 aliphatic heterocycles. The van der Waals surface area contributed by atoms with E-state index in [2.05, 4.69) is 30.6 Å². The van der Waals surface area contributed by atoms with Gasteiger partial charge in [0.1, 0.15) is 5.82 Å². The molecular weight excluding hydrogens is 251 g/mol. The molecule has 2 rings (SSSR count). The molecule has 20 heavy (non-hydrogen) atoms. The smallest absolute Gasteiger partial charge is 0.146 e. The summed E-state index contributed by atoms with van der Waals surface area (Å²) in [6, 6.07) is 5.42. The predicted octanol–water partition coefficient (Wildman–Crippen LogP) is 3.58. The number of hydrogen-bond acceptors (Lipinski definition) is 2. The summed E-state index contributed by atoms with van der Waals surface area (Å²) in [4.78, 5) is 2.20. The second-order valence-corrected chi connectivity index (χ2v) is 6.06. The highest BCUT2D eigenvalue weighted by atomic mass is 19.1. The van der Waals surface area contributed by atoms with E-state index in [1.54, 1.807) is 6.07 Å². The average Bonchev–Trinajstić information content (AvgIpc) is 2.40. The molecule has 2 atom stereocenters. The van der Waals surface area contributed by atoms with E-state index in [4.69, 9.17) is 0 Å². The van der Waals surface area contributed by atoms with Crippen molar-refractivity contribution in [2.75, 3.05) is 24.5 Å². The molecule has 2 unspecified atom stereocenters. The van der Waals surface area contributed by atoms with Gasteiger partial charge in [0.05, 0.1) is 5.69 Å². The largest absolute Gasteiger partial charge is 0.369 e. The Bertz CT molecular complexity index is 448. The third-order valence-corrected chi connectivity index (χ3v) is 3.84. The lowest BCUT2D eigenvalue weighted by molar-refractivity contribution is 0.354. The summed E-state index contributed by atoms with van der Waals surface area (Å²) in [5, 5.41) is 3.26. The van der Waals surface area contributed by atoms with Gasteiger partial charge in [-0.2, -0.15) is 0 Å². The second kappa shape index (κ2) is 6.89. The van der Waals surface area contributed by atoms with E-state index >= 15 is 0 Å². The van der Waals surface area contributed by atoms with Crippen molar-refractivity contribution in [2.24, 2.45) is 11.8 Å². The van der Waals surface area contributed by atoms with Crippen LogP contribution in [0.2, 0.25) is 0 Å². The van der Waals surface area contributed by atoms with Crippen LogP contribution in [0.15, 0.2) is 30.9 Å². The molecule has 1 aromatic rings. The molecule has 1 saturated heterocycles. The lowest BCUT2D eigenvalue weighted by atomic mass is 9.91. The summed E-state index contributed by atoms with van der Waals surface area (Å²) in [5.41, 5.74) is 1.87. The molecule has 110 valence electrons. The van der Waals surface area contributed by atoms with Crippen LogP contribution >= 0.6 is 0 Å². The molecule has 1 aliphatic rings. The number of benzene rings is 1. The first-order valence-corrected chi connectivity index (χ1v) is 7.45. The van der Waals surface area contributed by atoms with Gasteiger partial charge in [0.15, 0.2) is 0 Å². The van der Waals surface area contributed by atoms with Crippen molar-refractivity contribution in [3.05, 3.63) is 42.2 Å². The molecule has 0 aliphatic carbocycles. The first-order chi connectivity index (χ1) is 9.60. The Hall–Kier alpha value is -1.35. The maximum absolute atomic E-state index is 14.1. The van der Waals surface area contributed by atoms with Crippen LogP contribution in [0, 0.1) is 17.7 Å². The first kappa shape index (κ1) is 15.0.